The van der Waals surface area contributed by atoms with Crippen molar-refractivity contribution in [1.29, 1.82) is 0 Å². The number of hydrogen-bond acceptors (Lipinski definition) is 3. The van der Waals surface area contributed by atoms with Gasteiger partial charge in [0.15, 0.2) is 6.61 Å². The highest BCUT2D eigenvalue weighted by molar-refractivity contribution is 6.31. The van der Waals surface area contributed by atoms with Gasteiger partial charge in [0.1, 0.15) is 18.1 Å². The summed E-state index contributed by atoms with van der Waals surface area (Å²) in [5.74, 6) is 1.66. The van der Waals surface area contributed by atoms with Crippen molar-refractivity contribution in [3.05, 3.63) is 58.6 Å². The fraction of sp³-hybridized carbons (Fsp3) is 0.350. The number of halogens is 1. The molecule has 0 heterocycles. The molecule has 5 heteroatoms. The molecule has 0 unspecified atom stereocenters. The monoisotopic (exact) mass is 361 g/mol. The van der Waals surface area contributed by atoms with E-state index >= 15 is 0 Å². The number of benzene rings is 2. The Kier molecular flexibility index (Phi) is 7.14. The van der Waals surface area contributed by atoms with Gasteiger partial charge in [-0.1, -0.05) is 43.6 Å². The third kappa shape index (κ3) is 6.31. The number of hydrogen-bond donors (Lipinski definition) is 1. The van der Waals surface area contributed by atoms with Crippen molar-refractivity contribution in [3.63, 3.8) is 0 Å². The normalized spacial score (nSPS) is 10.6. The minimum atomic E-state index is -0.182. The Morgan fingerprint density at radius 2 is 1.76 bits per heavy atom. The number of aryl methyl sites for hydroxylation is 1. The summed E-state index contributed by atoms with van der Waals surface area (Å²) in [6.07, 6.45) is 0. The van der Waals surface area contributed by atoms with Gasteiger partial charge in [0.05, 0.1) is 6.54 Å². The minimum absolute atomic E-state index is 0.0165. The molecule has 4 nitrogen and oxygen atoms in total. The van der Waals surface area contributed by atoms with E-state index in [1.165, 1.54) is 5.56 Å². The third-order valence-corrected chi connectivity index (χ3v) is 4.16. The number of amides is 1. The van der Waals surface area contributed by atoms with Crippen LogP contribution in [0.25, 0.3) is 0 Å². The Bertz CT molecular complexity index is 699. The zero-order chi connectivity index (χ0) is 18.2. The highest BCUT2D eigenvalue weighted by Gasteiger charge is 2.04. The van der Waals surface area contributed by atoms with Crippen LogP contribution in [0.2, 0.25) is 5.02 Å². The van der Waals surface area contributed by atoms with Gasteiger partial charge in [-0.15, -0.1) is 0 Å². The van der Waals surface area contributed by atoms with E-state index in [9.17, 15) is 4.79 Å². The maximum atomic E-state index is 11.8. The van der Waals surface area contributed by atoms with Crippen LogP contribution in [0.3, 0.4) is 0 Å². The fourth-order valence-corrected chi connectivity index (χ4v) is 2.34. The van der Waals surface area contributed by atoms with Gasteiger partial charge in [0.25, 0.3) is 5.91 Å². The molecular formula is C20H24ClNO3. The first-order chi connectivity index (χ1) is 12.0. The van der Waals surface area contributed by atoms with Gasteiger partial charge in [-0.2, -0.15) is 0 Å². The zero-order valence-corrected chi connectivity index (χ0v) is 15.6. The lowest BCUT2D eigenvalue weighted by Crippen LogP contribution is -2.32. The molecule has 0 saturated heterocycles. The lowest BCUT2D eigenvalue weighted by atomic mass is 10.0. The molecule has 0 saturated carbocycles. The average molecular weight is 362 g/mol. The first kappa shape index (κ1) is 19.1. The molecule has 25 heavy (non-hydrogen) atoms. The lowest BCUT2D eigenvalue weighted by Gasteiger charge is -2.10. The number of ether oxygens (including phenoxy) is 2. The van der Waals surface area contributed by atoms with Gasteiger partial charge >= 0.3 is 0 Å². The quantitative estimate of drug-likeness (QED) is 0.711. The molecule has 1 N–H and O–H groups in total. The van der Waals surface area contributed by atoms with Crippen LogP contribution < -0.4 is 14.8 Å². The maximum absolute atomic E-state index is 11.8. The van der Waals surface area contributed by atoms with Crippen molar-refractivity contribution >= 4 is 17.5 Å². The molecule has 0 aliphatic heterocycles. The Morgan fingerprint density at radius 3 is 2.40 bits per heavy atom. The van der Waals surface area contributed by atoms with E-state index in [0.717, 1.165) is 5.56 Å². The second kappa shape index (κ2) is 9.33. The minimum Gasteiger partial charge on any atom is -0.492 e. The van der Waals surface area contributed by atoms with E-state index in [2.05, 4.69) is 19.2 Å². The molecule has 2 rings (SSSR count). The van der Waals surface area contributed by atoms with Crippen molar-refractivity contribution < 1.29 is 14.3 Å². The number of carbonyl (C=O) groups excluding carboxylic acids is 1. The van der Waals surface area contributed by atoms with Crippen LogP contribution in [-0.4, -0.2) is 25.7 Å². The van der Waals surface area contributed by atoms with E-state index in [-0.39, 0.29) is 12.5 Å². The van der Waals surface area contributed by atoms with E-state index in [1.807, 2.05) is 43.3 Å². The topological polar surface area (TPSA) is 47.6 Å². The molecule has 134 valence electrons. The summed E-state index contributed by atoms with van der Waals surface area (Å²) in [5, 5.41) is 3.42. The Morgan fingerprint density at radius 1 is 1.08 bits per heavy atom. The van der Waals surface area contributed by atoms with E-state index < -0.39 is 0 Å². The zero-order valence-electron chi connectivity index (χ0n) is 14.8. The molecule has 0 aromatic heterocycles. The average Bonchev–Trinajstić information content (AvgIpc) is 2.60. The molecule has 0 spiro atoms. The summed E-state index contributed by atoms with van der Waals surface area (Å²) < 4.78 is 11.0. The smallest absolute Gasteiger partial charge is 0.258 e. The first-order valence-electron chi connectivity index (χ1n) is 8.34. The van der Waals surface area contributed by atoms with E-state index in [4.69, 9.17) is 21.1 Å². The molecule has 0 aliphatic rings. The second-order valence-electron chi connectivity index (χ2n) is 6.12. The summed E-state index contributed by atoms with van der Waals surface area (Å²) in [6, 6.07) is 13.3. The molecule has 0 aliphatic carbocycles. The van der Waals surface area contributed by atoms with Crippen LogP contribution >= 0.6 is 11.6 Å². The van der Waals surface area contributed by atoms with Gasteiger partial charge in [-0.3, -0.25) is 4.79 Å². The molecule has 1 amide bonds. The molecule has 0 atom stereocenters. The van der Waals surface area contributed by atoms with Crippen molar-refractivity contribution in [2.24, 2.45) is 0 Å². The predicted molar refractivity (Wildman–Crippen MR) is 101 cm³/mol. The molecule has 2 aromatic carbocycles. The molecule has 0 fully saturated rings. The predicted octanol–water partition coefficient (Wildman–Crippen LogP) is 4.35. The van der Waals surface area contributed by atoms with Gasteiger partial charge in [0.2, 0.25) is 0 Å². The van der Waals surface area contributed by atoms with Crippen molar-refractivity contribution in [3.8, 4) is 11.5 Å². The summed E-state index contributed by atoms with van der Waals surface area (Å²) in [7, 11) is 0. The van der Waals surface area contributed by atoms with Crippen molar-refractivity contribution in [2.75, 3.05) is 19.8 Å². The fourth-order valence-electron chi connectivity index (χ4n) is 2.17. The Labute approximate surface area is 154 Å². The van der Waals surface area contributed by atoms with Crippen molar-refractivity contribution in [2.45, 2.75) is 26.7 Å². The van der Waals surface area contributed by atoms with Gasteiger partial charge in [-0.25, -0.2) is 0 Å². The highest BCUT2D eigenvalue weighted by atomic mass is 35.5. The van der Waals surface area contributed by atoms with Gasteiger partial charge in [0, 0.05) is 5.02 Å². The molecule has 2 aromatic rings. The summed E-state index contributed by atoms with van der Waals surface area (Å²) in [5.41, 5.74) is 2.24. The Hall–Kier alpha value is -2.20. The molecular weight excluding hydrogens is 338 g/mol. The van der Waals surface area contributed by atoms with Crippen LogP contribution in [0.4, 0.5) is 0 Å². The van der Waals surface area contributed by atoms with Gasteiger partial charge < -0.3 is 14.8 Å². The van der Waals surface area contributed by atoms with Crippen LogP contribution in [0.5, 0.6) is 11.5 Å². The van der Waals surface area contributed by atoms with E-state index in [1.54, 1.807) is 6.07 Å². The first-order valence-corrected chi connectivity index (χ1v) is 8.72. The van der Waals surface area contributed by atoms with E-state index in [0.29, 0.717) is 35.6 Å². The standard InChI is InChI=1S/C20H24ClNO3/c1-14(2)16-5-8-17(9-6-16)25-13-20(23)22-10-11-24-18-7-4-15(3)19(21)12-18/h4-9,12,14H,10-11,13H2,1-3H3,(H,22,23). The Balaban J connectivity index is 1.66. The van der Waals surface area contributed by atoms with Crippen LogP contribution in [-0.2, 0) is 4.79 Å². The van der Waals surface area contributed by atoms with Crippen LogP contribution in [0.1, 0.15) is 30.9 Å². The number of rotatable bonds is 8. The SMILES string of the molecule is Cc1ccc(OCCNC(=O)COc2ccc(C(C)C)cc2)cc1Cl. The maximum Gasteiger partial charge on any atom is 0.258 e. The highest BCUT2D eigenvalue weighted by Crippen LogP contribution is 2.21. The number of carbonyl (C=O) groups is 1. The van der Waals surface area contributed by atoms with Crippen LogP contribution in [0, 0.1) is 6.92 Å². The van der Waals surface area contributed by atoms with Crippen LogP contribution in [0.15, 0.2) is 42.5 Å². The van der Waals surface area contributed by atoms with Gasteiger partial charge in [-0.05, 0) is 48.2 Å². The second-order valence-corrected chi connectivity index (χ2v) is 6.53. The summed E-state index contributed by atoms with van der Waals surface area (Å²) >= 11 is 6.04. The summed E-state index contributed by atoms with van der Waals surface area (Å²) in [6.45, 7) is 6.96. The summed E-state index contributed by atoms with van der Waals surface area (Å²) in [4.78, 5) is 11.8. The number of nitrogens with one attached hydrogen (secondary N) is 1. The molecule has 0 bridgehead atoms. The largest absolute Gasteiger partial charge is 0.492 e. The van der Waals surface area contributed by atoms with Crippen molar-refractivity contribution in [1.82, 2.24) is 5.32 Å². The molecule has 0 radical (unpaired) electrons. The lowest BCUT2D eigenvalue weighted by molar-refractivity contribution is -0.123. The third-order valence-electron chi connectivity index (χ3n) is 3.75.